The van der Waals surface area contributed by atoms with Crippen LogP contribution in [0.5, 0.6) is 0 Å². The van der Waals surface area contributed by atoms with Crippen molar-refractivity contribution in [2.75, 3.05) is 19.6 Å². The molecule has 3 heterocycles. The largest absolute Gasteiger partial charge is 0.334 e. The summed E-state index contributed by atoms with van der Waals surface area (Å²) in [5, 5.41) is 2.76. The van der Waals surface area contributed by atoms with Gasteiger partial charge in [0, 0.05) is 25.8 Å². The van der Waals surface area contributed by atoms with E-state index in [0.717, 1.165) is 38.1 Å². The number of nitrogens with one attached hydrogen (secondary N) is 1. The van der Waals surface area contributed by atoms with Crippen molar-refractivity contribution in [1.82, 2.24) is 24.7 Å². The van der Waals surface area contributed by atoms with Gasteiger partial charge in [0.25, 0.3) is 5.91 Å². The molecule has 1 atom stereocenters. The second kappa shape index (κ2) is 6.37. The van der Waals surface area contributed by atoms with Gasteiger partial charge in [-0.2, -0.15) is 0 Å². The summed E-state index contributed by atoms with van der Waals surface area (Å²) in [7, 11) is 2.14. The Morgan fingerprint density at radius 3 is 2.62 bits per heavy atom. The molecule has 0 saturated carbocycles. The molecule has 26 heavy (non-hydrogen) atoms. The van der Waals surface area contributed by atoms with E-state index in [1.54, 1.807) is 13.8 Å². The minimum absolute atomic E-state index is 0.134. The van der Waals surface area contributed by atoms with E-state index in [9.17, 15) is 9.59 Å². The van der Waals surface area contributed by atoms with Crippen LogP contribution in [0.3, 0.4) is 0 Å². The summed E-state index contributed by atoms with van der Waals surface area (Å²) in [6, 6.07) is 0.0163. The van der Waals surface area contributed by atoms with E-state index in [4.69, 9.17) is 4.98 Å². The SMILES string of the molecule is Cn1c(C2CCCN2CCN2C(=O)NC(C)(C)C2=O)nc2c1CCCC2. The third-order valence-electron chi connectivity index (χ3n) is 6.13. The normalized spacial score (nSPS) is 25.7. The fourth-order valence-corrected chi connectivity index (χ4v) is 4.64. The lowest BCUT2D eigenvalue weighted by atomic mass is 10.0. The van der Waals surface area contributed by atoms with Crippen LogP contribution < -0.4 is 5.32 Å². The number of hydrogen-bond acceptors (Lipinski definition) is 4. The molecule has 1 unspecified atom stereocenters. The van der Waals surface area contributed by atoms with Gasteiger partial charge in [-0.05, 0) is 58.9 Å². The zero-order valence-corrected chi connectivity index (χ0v) is 16.0. The number of urea groups is 1. The summed E-state index contributed by atoms with van der Waals surface area (Å²) in [6.45, 7) is 5.65. The summed E-state index contributed by atoms with van der Waals surface area (Å²) in [6.07, 6.45) is 6.93. The third-order valence-corrected chi connectivity index (χ3v) is 6.13. The summed E-state index contributed by atoms with van der Waals surface area (Å²) in [5.41, 5.74) is 1.88. The zero-order valence-electron chi connectivity index (χ0n) is 16.0. The van der Waals surface area contributed by atoms with Gasteiger partial charge in [-0.1, -0.05) is 0 Å². The van der Waals surface area contributed by atoms with Crippen LogP contribution in [0, 0.1) is 0 Å². The van der Waals surface area contributed by atoms with Crippen LogP contribution in [0.1, 0.15) is 62.8 Å². The van der Waals surface area contributed by atoms with Gasteiger partial charge in [-0.15, -0.1) is 0 Å². The zero-order chi connectivity index (χ0) is 18.5. The highest BCUT2D eigenvalue weighted by Gasteiger charge is 2.44. The van der Waals surface area contributed by atoms with Crippen molar-refractivity contribution in [3.63, 3.8) is 0 Å². The van der Waals surface area contributed by atoms with Crippen molar-refractivity contribution in [2.45, 2.75) is 64.0 Å². The van der Waals surface area contributed by atoms with E-state index < -0.39 is 5.54 Å². The van der Waals surface area contributed by atoms with Crippen LogP contribution in [0.2, 0.25) is 0 Å². The van der Waals surface area contributed by atoms with E-state index in [1.807, 2.05) is 0 Å². The molecule has 7 nitrogen and oxygen atoms in total. The molecule has 1 N–H and O–H groups in total. The number of rotatable bonds is 4. The fraction of sp³-hybridized carbons (Fsp3) is 0.737. The van der Waals surface area contributed by atoms with Crippen molar-refractivity contribution >= 4 is 11.9 Å². The molecule has 0 spiro atoms. The highest BCUT2D eigenvalue weighted by atomic mass is 16.2. The van der Waals surface area contributed by atoms with Gasteiger partial charge < -0.3 is 9.88 Å². The average Bonchev–Trinajstić information content (AvgIpc) is 3.23. The third kappa shape index (κ3) is 2.82. The molecule has 0 radical (unpaired) electrons. The van der Waals surface area contributed by atoms with Crippen molar-refractivity contribution in [1.29, 1.82) is 0 Å². The Morgan fingerprint density at radius 1 is 1.15 bits per heavy atom. The lowest BCUT2D eigenvalue weighted by molar-refractivity contribution is -0.130. The van der Waals surface area contributed by atoms with Crippen LogP contribution in [0.15, 0.2) is 0 Å². The Labute approximate surface area is 154 Å². The molecule has 2 aliphatic heterocycles. The van der Waals surface area contributed by atoms with Crippen molar-refractivity contribution < 1.29 is 9.59 Å². The van der Waals surface area contributed by atoms with Crippen molar-refractivity contribution in [2.24, 2.45) is 7.05 Å². The summed E-state index contributed by atoms with van der Waals surface area (Å²) in [4.78, 5) is 33.2. The molecule has 142 valence electrons. The second-order valence-corrected chi connectivity index (χ2v) is 8.34. The van der Waals surface area contributed by atoms with Gasteiger partial charge in [0.2, 0.25) is 0 Å². The number of aryl methyl sites for hydroxylation is 1. The maximum Gasteiger partial charge on any atom is 0.325 e. The van der Waals surface area contributed by atoms with E-state index in [0.29, 0.717) is 19.1 Å². The summed E-state index contributed by atoms with van der Waals surface area (Å²) >= 11 is 0. The molecule has 4 rings (SSSR count). The lowest BCUT2D eigenvalue weighted by Crippen LogP contribution is -2.42. The molecule has 0 aromatic carbocycles. The molecule has 3 amide bonds. The monoisotopic (exact) mass is 359 g/mol. The number of amides is 3. The molecular formula is C19H29N5O2. The highest BCUT2D eigenvalue weighted by Crippen LogP contribution is 2.33. The topological polar surface area (TPSA) is 70.5 Å². The molecule has 1 aliphatic carbocycles. The summed E-state index contributed by atoms with van der Waals surface area (Å²) < 4.78 is 2.30. The molecule has 7 heteroatoms. The van der Waals surface area contributed by atoms with E-state index in [2.05, 4.69) is 21.8 Å². The first-order valence-corrected chi connectivity index (χ1v) is 9.81. The highest BCUT2D eigenvalue weighted by molar-refractivity contribution is 6.06. The average molecular weight is 359 g/mol. The first-order chi connectivity index (χ1) is 12.4. The molecule has 0 bridgehead atoms. The Balaban J connectivity index is 1.47. The van der Waals surface area contributed by atoms with Crippen molar-refractivity contribution in [3.05, 3.63) is 17.2 Å². The van der Waals surface area contributed by atoms with E-state index in [1.165, 1.54) is 29.1 Å². The molecule has 2 fully saturated rings. The fourth-order valence-electron chi connectivity index (χ4n) is 4.64. The predicted octanol–water partition coefficient (Wildman–Crippen LogP) is 1.77. The number of aromatic nitrogens is 2. The first-order valence-electron chi connectivity index (χ1n) is 9.81. The minimum atomic E-state index is -0.791. The van der Waals surface area contributed by atoms with E-state index in [-0.39, 0.29) is 11.9 Å². The van der Waals surface area contributed by atoms with Crippen LogP contribution in [0.4, 0.5) is 4.79 Å². The van der Waals surface area contributed by atoms with Gasteiger partial charge in [0.1, 0.15) is 11.4 Å². The predicted molar refractivity (Wildman–Crippen MR) is 97.7 cm³/mol. The molecule has 1 aromatic rings. The van der Waals surface area contributed by atoms with Gasteiger partial charge in [0.15, 0.2) is 0 Å². The van der Waals surface area contributed by atoms with E-state index >= 15 is 0 Å². The number of likely N-dealkylation sites (tertiary alicyclic amines) is 1. The van der Waals surface area contributed by atoms with Crippen LogP contribution >= 0.6 is 0 Å². The Hall–Kier alpha value is -1.89. The molecule has 1 aromatic heterocycles. The number of hydrogen-bond donors (Lipinski definition) is 1. The lowest BCUT2D eigenvalue weighted by Gasteiger charge is -2.26. The molecule has 3 aliphatic rings. The molecule has 2 saturated heterocycles. The van der Waals surface area contributed by atoms with Crippen molar-refractivity contribution in [3.8, 4) is 0 Å². The Morgan fingerprint density at radius 2 is 1.92 bits per heavy atom. The van der Waals surface area contributed by atoms with Crippen LogP contribution in [-0.2, 0) is 24.7 Å². The minimum Gasteiger partial charge on any atom is -0.334 e. The molecular weight excluding hydrogens is 330 g/mol. The number of imide groups is 1. The van der Waals surface area contributed by atoms with Crippen LogP contribution in [0.25, 0.3) is 0 Å². The van der Waals surface area contributed by atoms with Crippen LogP contribution in [-0.4, -0.2) is 56.5 Å². The standard InChI is InChI=1S/C19H29N5O2/c1-19(2)17(25)24(18(26)21-19)12-11-23-10-6-9-15(23)16-20-13-7-4-5-8-14(13)22(16)3/h15H,4-12H2,1-3H3,(H,21,26). The number of nitrogens with zero attached hydrogens (tertiary/aromatic N) is 4. The second-order valence-electron chi connectivity index (χ2n) is 8.34. The maximum absolute atomic E-state index is 12.4. The number of carbonyl (C=O) groups excluding carboxylic acids is 2. The van der Waals surface area contributed by atoms with Gasteiger partial charge in [-0.25, -0.2) is 9.78 Å². The van der Waals surface area contributed by atoms with Gasteiger partial charge >= 0.3 is 6.03 Å². The number of imidazole rings is 1. The Kier molecular flexibility index (Phi) is 4.29. The number of fused-ring (bicyclic) bond motifs is 1. The summed E-state index contributed by atoms with van der Waals surface area (Å²) in [5.74, 6) is 1.03. The number of carbonyl (C=O) groups is 2. The van der Waals surface area contributed by atoms with Gasteiger partial charge in [0.05, 0.1) is 11.7 Å². The maximum atomic E-state index is 12.4. The smallest absolute Gasteiger partial charge is 0.325 e. The first kappa shape index (κ1) is 17.5. The quantitative estimate of drug-likeness (QED) is 0.832. The van der Waals surface area contributed by atoms with Gasteiger partial charge in [-0.3, -0.25) is 14.6 Å². The Bertz CT molecular complexity index is 739.